The molecule has 20 heavy (non-hydrogen) atoms. The van der Waals surface area contributed by atoms with E-state index in [1.165, 1.54) is 0 Å². The normalized spacial score (nSPS) is 20.1. The molecule has 2 rings (SSSR count). The second kappa shape index (κ2) is 8.08. The monoisotopic (exact) mass is 411 g/mol. The minimum Gasteiger partial charge on any atom is -0.375 e. The molecular formula is C12H22IN5OS. The molecule has 0 radical (unpaired) electrons. The number of aliphatic imine (C=N–C) groups is 1. The third-order valence-corrected chi connectivity index (χ3v) is 4.13. The second-order valence-electron chi connectivity index (χ2n) is 4.99. The molecule has 0 aliphatic carbocycles. The summed E-state index contributed by atoms with van der Waals surface area (Å²) in [5, 5.41) is 10.2. The van der Waals surface area contributed by atoms with Crippen molar-refractivity contribution in [3.63, 3.8) is 0 Å². The van der Waals surface area contributed by atoms with Crippen LogP contribution in [0.3, 0.4) is 0 Å². The predicted octanol–water partition coefficient (Wildman–Crippen LogP) is 1.81. The van der Waals surface area contributed by atoms with Crippen molar-refractivity contribution in [2.24, 2.45) is 10.7 Å². The van der Waals surface area contributed by atoms with Crippen molar-refractivity contribution in [2.75, 3.05) is 19.7 Å². The fourth-order valence-electron chi connectivity index (χ4n) is 1.84. The molecule has 0 bridgehead atoms. The summed E-state index contributed by atoms with van der Waals surface area (Å²) in [6.07, 6.45) is 0.205. The Hall–Kier alpha value is -0.480. The van der Waals surface area contributed by atoms with Crippen molar-refractivity contribution >= 4 is 41.3 Å². The fourth-order valence-corrected chi connectivity index (χ4v) is 2.61. The summed E-state index contributed by atoms with van der Waals surface area (Å²) in [4.78, 5) is 6.45. The molecule has 0 aromatic carbocycles. The first-order valence-electron chi connectivity index (χ1n) is 6.55. The van der Waals surface area contributed by atoms with Crippen LogP contribution in [0.25, 0.3) is 0 Å². The number of hydrogen-bond donors (Lipinski definition) is 1. The van der Waals surface area contributed by atoms with Crippen LogP contribution in [-0.2, 0) is 11.3 Å². The topological polar surface area (TPSA) is 76.6 Å². The van der Waals surface area contributed by atoms with Gasteiger partial charge in [0.15, 0.2) is 5.96 Å². The number of hydrogen-bond acceptors (Lipinski definition) is 5. The molecule has 2 heterocycles. The van der Waals surface area contributed by atoms with Gasteiger partial charge in [0.25, 0.3) is 0 Å². The Morgan fingerprint density at radius 2 is 2.30 bits per heavy atom. The van der Waals surface area contributed by atoms with Crippen LogP contribution >= 0.6 is 35.3 Å². The molecular weight excluding hydrogens is 389 g/mol. The van der Waals surface area contributed by atoms with Crippen LogP contribution in [0.2, 0.25) is 0 Å². The summed E-state index contributed by atoms with van der Waals surface area (Å²) < 4.78 is 5.48. The van der Waals surface area contributed by atoms with E-state index in [2.05, 4.69) is 33.9 Å². The highest BCUT2D eigenvalue weighted by Crippen LogP contribution is 2.19. The van der Waals surface area contributed by atoms with Crippen molar-refractivity contribution in [3.05, 3.63) is 10.0 Å². The van der Waals surface area contributed by atoms with E-state index in [1.807, 2.05) is 6.92 Å². The molecule has 0 spiro atoms. The molecule has 8 heteroatoms. The van der Waals surface area contributed by atoms with Crippen molar-refractivity contribution in [2.45, 2.75) is 39.3 Å². The van der Waals surface area contributed by atoms with Crippen molar-refractivity contribution in [1.82, 2.24) is 15.1 Å². The molecule has 1 aliphatic heterocycles. The average Bonchev–Trinajstić information content (AvgIpc) is 2.85. The molecule has 1 aliphatic rings. The maximum atomic E-state index is 6.00. The number of aromatic nitrogens is 2. The van der Waals surface area contributed by atoms with Crippen LogP contribution in [0.4, 0.5) is 0 Å². The maximum Gasteiger partial charge on any atom is 0.191 e. The smallest absolute Gasteiger partial charge is 0.191 e. The highest BCUT2D eigenvalue weighted by atomic mass is 127. The van der Waals surface area contributed by atoms with Gasteiger partial charge in [0, 0.05) is 19.0 Å². The molecule has 0 amide bonds. The number of morpholine rings is 1. The van der Waals surface area contributed by atoms with Gasteiger partial charge in [0.2, 0.25) is 0 Å². The quantitative estimate of drug-likeness (QED) is 0.467. The summed E-state index contributed by atoms with van der Waals surface area (Å²) in [6, 6.07) is 0. The molecule has 114 valence electrons. The van der Waals surface area contributed by atoms with E-state index >= 15 is 0 Å². The molecule has 6 nitrogen and oxygen atoms in total. The van der Waals surface area contributed by atoms with Gasteiger partial charge in [-0.2, -0.15) is 0 Å². The molecule has 0 saturated carbocycles. The van der Waals surface area contributed by atoms with Gasteiger partial charge >= 0.3 is 0 Å². The van der Waals surface area contributed by atoms with Crippen LogP contribution in [-0.4, -0.2) is 46.9 Å². The van der Waals surface area contributed by atoms with Gasteiger partial charge in [-0.3, -0.25) is 0 Å². The lowest BCUT2D eigenvalue weighted by Gasteiger charge is -2.31. The van der Waals surface area contributed by atoms with E-state index in [1.54, 1.807) is 11.3 Å². The van der Waals surface area contributed by atoms with Gasteiger partial charge in [-0.05, 0) is 6.92 Å². The van der Waals surface area contributed by atoms with Crippen molar-refractivity contribution < 1.29 is 4.74 Å². The molecule has 1 unspecified atom stereocenters. The third kappa shape index (κ3) is 4.81. The van der Waals surface area contributed by atoms with E-state index in [9.17, 15) is 0 Å². The van der Waals surface area contributed by atoms with Gasteiger partial charge in [-0.15, -0.1) is 34.2 Å². The van der Waals surface area contributed by atoms with Gasteiger partial charge in [0.1, 0.15) is 10.0 Å². The van der Waals surface area contributed by atoms with E-state index in [-0.39, 0.29) is 30.1 Å². The molecule has 1 aromatic heterocycles. The lowest BCUT2D eigenvalue weighted by atomic mass is 10.2. The maximum absolute atomic E-state index is 6.00. The van der Waals surface area contributed by atoms with E-state index < -0.39 is 0 Å². The van der Waals surface area contributed by atoms with Crippen molar-refractivity contribution in [3.8, 4) is 0 Å². The Kier molecular flexibility index (Phi) is 7.10. The number of nitrogens with zero attached hydrogens (tertiary/aromatic N) is 4. The third-order valence-electron chi connectivity index (χ3n) is 2.92. The minimum absolute atomic E-state index is 0. The van der Waals surface area contributed by atoms with Crippen molar-refractivity contribution in [1.29, 1.82) is 0 Å². The Morgan fingerprint density at radius 1 is 1.55 bits per heavy atom. The zero-order valence-corrected chi connectivity index (χ0v) is 15.2. The number of guanidine groups is 1. The second-order valence-corrected chi connectivity index (χ2v) is 6.08. The lowest BCUT2D eigenvalue weighted by Crippen LogP contribution is -2.47. The molecule has 1 saturated heterocycles. The Morgan fingerprint density at radius 3 is 2.90 bits per heavy atom. The van der Waals surface area contributed by atoms with Crippen LogP contribution in [0.1, 0.15) is 36.7 Å². The van der Waals surface area contributed by atoms with Gasteiger partial charge < -0.3 is 15.4 Å². The molecule has 1 fully saturated rings. The average molecular weight is 411 g/mol. The van der Waals surface area contributed by atoms with Crippen LogP contribution in [0, 0.1) is 0 Å². The highest BCUT2D eigenvalue weighted by molar-refractivity contribution is 14.0. The predicted molar refractivity (Wildman–Crippen MR) is 91.7 cm³/mol. The largest absolute Gasteiger partial charge is 0.375 e. The van der Waals surface area contributed by atoms with Crippen LogP contribution in [0.5, 0.6) is 0 Å². The summed E-state index contributed by atoms with van der Waals surface area (Å²) in [5.41, 5.74) is 6.00. The SMILES string of the molecule is CC1CN(C(N)=NCc2nnc(C(C)C)s2)CCO1.I. The van der Waals surface area contributed by atoms with E-state index in [4.69, 9.17) is 10.5 Å². The van der Waals surface area contributed by atoms with Crippen LogP contribution < -0.4 is 5.73 Å². The minimum atomic E-state index is 0. The summed E-state index contributed by atoms with van der Waals surface area (Å²) in [7, 11) is 0. The summed E-state index contributed by atoms with van der Waals surface area (Å²) in [6.45, 7) is 9.05. The van der Waals surface area contributed by atoms with Gasteiger partial charge in [-0.25, -0.2) is 4.99 Å². The number of rotatable bonds is 3. The van der Waals surface area contributed by atoms with E-state index in [0.29, 0.717) is 25.0 Å². The first-order valence-corrected chi connectivity index (χ1v) is 7.36. The van der Waals surface area contributed by atoms with Gasteiger partial charge in [0.05, 0.1) is 19.3 Å². The Bertz CT molecular complexity index is 451. The lowest BCUT2D eigenvalue weighted by molar-refractivity contribution is 0.00529. The first-order chi connectivity index (χ1) is 9.06. The fraction of sp³-hybridized carbons (Fsp3) is 0.750. The Labute approximate surface area is 140 Å². The number of nitrogens with two attached hydrogens (primary N) is 1. The first kappa shape index (κ1) is 17.6. The van der Waals surface area contributed by atoms with Gasteiger partial charge in [-0.1, -0.05) is 25.2 Å². The number of ether oxygens (including phenoxy) is 1. The Balaban J connectivity index is 0.00000200. The number of halogens is 1. The summed E-state index contributed by atoms with van der Waals surface area (Å²) in [5.74, 6) is 0.976. The summed E-state index contributed by atoms with van der Waals surface area (Å²) >= 11 is 1.60. The van der Waals surface area contributed by atoms with Crippen LogP contribution in [0.15, 0.2) is 4.99 Å². The zero-order valence-electron chi connectivity index (χ0n) is 12.1. The molecule has 1 aromatic rings. The molecule has 1 atom stereocenters. The highest BCUT2D eigenvalue weighted by Gasteiger charge is 2.18. The zero-order chi connectivity index (χ0) is 13.8. The van der Waals surface area contributed by atoms with E-state index in [0.717, 1.165) is 23.1 Å². The molecule has 2 N–H and O–H groups in total. The standard InChI is InChI=1S/C12H21N5OS.HI/c1-8(2)11-16-15-10(19-11)6-14-12(13)17-4-5-18-9(3)7-17;/h8-9H,4-7H2,1-3H3,(H2,13,14);1H.